The van der Waals surface area contributed by atoms with Gasteiger partial charge in [0.25, 0.3) is 0 Å². The standard InChI is InChI=1S/C10H12O/c1-2-3-8-10(11)9-6-4-5-7-9/h6H,4-5,7-8H2,1H3. The van der Waals surface area contributed by atoms with Gasteiger partial charge in [-0.1, -0.05) is 12.0 Å². The SMILES string of the molecule is CC#CCC(=O)C1=CCCC1. The summed E-state index contributed by atoms with van der Waals surface area (Å²) < 4.78 is 0. The van der Waals surface area contributed by atoms with Crippen LogP contribution in [0.25, 0.3) is 0 Å². The summed E-state index contributed by atoms with van der Waals surface area (Å²) in [6.45, 7) is 1.76. The maximum Gasteiger partial charge on any atom is 0.170 e. The fraction of sp³-hybridized carbons (Fsp3) is 0.500. The van der Waals surface area contributed by atoms with Crippen molar-refractivity contribution < 1.29 is 4.79 Å². The smallest absolute Gasteiger partial charge is 0.170 e. The van der Waals surface area contributed by atoms with E-state index in [4.69, 9.17) is 0 Å². The molecule has 0 atom stereocenters. The lowest BCUT2D eigenvalue weighted by Crippen LogP contribution is -1.97. The van der Waals surface area contributed by atoms with Crippen LogP contribution in [0.2, 0.25) is 0 Å². The zero-order valence-electron chi connectivity index (χ0n) is 6.81. The Bertz CT molecular complexity index is 237. The number of rotatable bonds is 2. The van der Waals surface area contributed by atoms with E-state index in [0.717, 1.165) is 24.8 Å². The first kappa shape index (κ1) is 8.07. The molecule has 0 aliphatic heterocycles. The van der Waals surface area contributed by atoms with E-state index in [2.05, 4.69) is 11.8 Å². The van der Waals surface area contributed by atoms with Crippen molar-refractivity contribution in [2.75, 3.05) is 0 Å². The molecule has 1 nitrogen and oxygen atoms in total. The van der Waals surface area contributed by atoms with E-state index in [1.165, 1.54) is 0 Å². The van der Waals surface area contributed by atoms with E-state index in [0.29, 0.717) is 6.42 Å². The van der Waals surface area contributed by atoms with Crippen molar-refractivity contribution in [2.24, 2.45) is 0 Å². The average Bonchev–Trinajstić information content (AvgIpc) is 2.52. The molecule has 0 aromatic carbocycles. The monoisotopic (exact) mass is 148 g/mol. The van der Waals surface area contributed by atoms with Crippen LogP contribution in [0.15, 0.2) is 11.6 Å². The molecule has 0 bridgehead atoms. The molecule has 0 heterocycles. The van der Waals surface area contributed by atoms with Crippen molar-refractivity contribution in [3.05, 3.63) is 11.6 Å². The topological polar surface area (TPSA) is 17.1 Å². The Morgan fingerprint density at radius 2 is 2.55 bits per heavy atom. The largest absolute Gasteiger partial charge is 0.293 e. The predicted molar refractivity (Wildman–Crippen MR) is 45.0 cm³/mol. The van der Waals surface area contributed by atoms with Crippen LogP contribution >= 0.6 is 0 Å². The number of hydrogen-bond acceptors (Lipinski definition) is 1. The molecule has 0 amide bonds. The second-order valence-corrected chi connectivity index (χ2v) is 2.65. The van der Waals surface area contributed by atoms with E-state index in [9.17, 15) is 4.79 Å². The summed E-state index contributed by atoms with van der Waals surface area (Å²) >= 11 is 0. The highest BCUT2D eigenvalue weighted by molar-refractivity contribution is 5.97. The van der Waals surface area contributed by atoms with Crippen LogP contribution in [0.3, 0.4) is 0 Å². The molecule has 1 heteroatoms. The Morgan fingerprint density at radius 1 is 1.73 bits per heavy atom. The molecule has 0 saturated carbocycles. The van der Waals surface area contributed by atoms with Crippen molar-refractivity contribution in [3.8, 4) is 11.8 Å². The number of Topliss-reactive ketones (excluding diaryl/α,β-unsaturated/α-hetero) is 1. The van der Waals surface area contributed by atoms with Gasteiger partial charge >= 0.3 is 0 Å². The van der Waals surface area contributed by atoms with E-state index in [-0.39, 0.29) is 5.78 Å². The molecule has 0 unspecified atom stereocenters. The van der Waals surface area contributed by atoms with Gasteiger partial charge < -0.3 is 0 Å². The van der Waals surface area contributed by atoms with Crippen molar-refractivity contribution in [3.63, 3.8) is 0 Å². The molecule has 0 fully saturated rings. The lowest BCUT2D eigenvalue weighted by Gasteiger charge is -1.93. The fourth-order valence-electron chi connectivity index (χ4n) is 1.21. The van der Waals surface area contributed by atoms with E-state index >= 15 is 0 Å². The number of hydrogen-bond donors (Lipinski definition) is 0. The number of carbonyl (C=O) groups excluding carboxylic acids is 1. The third-order valence-electron chi connectivity index (χ3n) is 1.82. The minimum Gasteiger partial charge on any atom is -0.293 e. The van der Waals surface area contributed by atoms with Crippen molar-refractivity contribution in [1.82, 2.24) is 0 Å². The highest BCUT2D eigenvalue weighted by atomic mass is 16.1. The van der Waals surface area contributed by atoms with Crippen molar-refractivity contribution in [1.29, 1.82) is 0 Å². The minimum atomic E-state index is 0.219. The summed E-state index contributed by atoms with van der Waals surface area (Å²) in [6.07, 6.45) is 5.62. The van der Waals surface area contributed by atoms with Gasteiger partial charge in [0.05, 0.1) is 6.42 Å². The summed E-state index contributed by atoms with van der Waals surface area (Å²) in [5, 5.41) is 0. The van der Waals surface area contributed by atoms with Crippen LogP contribution in [0.1, 0.15) is 32.6 Å². The van der Waals surface area contributed by atoms with Crippen LogP contribution in [-0.2, 0) is 4.79 Å². The normalized spacial score (nSPS) is 15.2. The van der Waals surface area contributed by atoms with Gasteiger partial charge in [0, 0.05) is 0 Å². The Kier molecular flexibility index (Phi) is 2.92. The van der Waals surface area contributed by atoms with Gasteiger partial charge in [0.1, 0.15) is 0 Å². The van der Waals surface area contributed by atoms with Gasteiger partial charge in [-0.2, -0.15) is 0 Å². The maximum atomic E-state index is 11.2. The fourth-order valence-corrected chi connectivity index (χ4v) is 1.21. The highest BCUT2D eigenvalue weighted by Crippen LogP contribution is 2.18. The van der Waals surface area contributed by atoms with Crippen LogP contribution in [0.5, 0.6) is 0 Å². The molecule has 0 spiro atoms. The van der Waals surface area contributed by atoms with E-state index < -0.39 is 0 Å². The zero-order valence-corrected chi connectivity index (χ0v) is 6.81. The molecule has 1 rings (SSSR count). The average molecular weight is 148 g/mol. The first-order valence-corrected chi connectivity index (χ1v) is 3.96. The van der Waals surface area contributed by atoms with Crippen LogP contribution in [0.4, 0.5) is 0 Å². The van der Waals surface area contributed by atoms with Crippen molar-refractivity contribution in [2.45, 2.75) is 32.6 Å². The number of ketones is 1. The number of carbonyl (C=O) groups is 1. The summed E-state index contributed by atoms with van der Waals surface area (Å²) in [6, 6.07) is 0. The molecule has 1 aliphatic rings. The van der Waals surface area contributed by atoms with E-state index in [1.54, 1.807) is 6.92 Å². The van der Waals surface area contributed by atoms with Gasteiger partial charge in [-0.15, -0.1) is 5.92 Å². The molecule has 0 aromatic rings. The van der Waals surface area contributed by atoms with Gasteiger partial charge in [-0.05, 0) is 31.8 Å². The Morgan fingerprint density at radius 3 is 3.09 bits per heavy atom. The lowest BCUT2D eigenvalue weighted by atomic mass is 10.1. The Labute approximate surface area is 67.5 Å². The van der Waals surface area contributed by atoms with Crippen LogP contribution < -0.4 is 0 Å². The Hall–Kier alpha value is -1.03. The molecule has 11 heavy (non-hydrogen) atoms. The molecule has 1 aliphatic carbocycles. The number of allylic oxidation sites excluding steroid dienone is 2. The molecule has 58 valence electrons. The molecule has 0 N–H and O–H groups in total. The minimum absolute atomic E-state index is 0.219. The van der Waals surface area contributed by atoms with E-state index in [1.807, 2.05) is 6.08 Å². The maximum absolute atomic E-state index is 11.2. The van der Waals surface area contributed by atoms with Crippen LogP contribution in [0, 0.1) is 11.8 Å². The summed E-state index contributed by atoms with van der Waals surface area (Å²) in [4.78, 5) is 11.2. The Balaban J connectivity index is 2.45. The van der Waals surface area contributed by atoms with Gasteiger partial charge in [-0.25, -0.2) is 0 Å². The molecule has 0 aromatic heterocycles. The second-order valence-electron chi connectivity index (χ2n) is 2.65. The summed E-state index contributed by atoms with van der Waals surface area (Å²) in [5.41, 5.74) is 0.993. The van der Waals surface area contributed by atoms with Gasteiger partial charge in [0.15, 0.2) is 5.78 Å². The first-order valence-electron chi connectivity index (χ1n) is 3.96. The summed E-state index contributed by atoms with van der Waals surface area (Å²) in [7, 11) is 0. The lowest BCUT2D eigenvalue weighted by molar-refractivity contribution is -0.114. The molecular weight excluding hydrogens is 136 g/mol. The molecule has 0 saturated heterocycles. The third kappa shape index (κ3) is 2.23. The molecule has 0 radical (unpaired) electrons. The van der Waals surface area contributed by atoms with Gasteiger partial charge in [0.2, 0.25) is 0 Å². The molecular formula is C10H12O. The highest BCUT2D eigenvalue weighted by Gasteiger charge is 2.11. The second kappa shape index (κ2) is 3.98. The predicted octanol–water partition coefficient (Wildman–Crippen LogP) is 2.08. The van der Waals surface area contributed by atoms with Crippen LogP contribution in [-0.4, -0.2) is 5.78 Å². The quantitative estimate of drug-likeness (QED) is 0.548. The van der Waals surface area contributed by atoms with Crippen molar-refractivity contribution >= 4 is 5.78 Å². The summed E-state index contributed by atoms with van der Waals surface area (Å²) in [5.74, 6) is 5.73. The van der Waals surface area contributed by atoms with Gasteiger partial charge in [-0.3, -0.25) is 4.79 Å². The zero-order chi connectivity index (χ0) is 8.10. The third-order valence-corrected chi connectivity index (χ3v) is 1.82. The first-order chi connectivity index (χ1) is 5.34.